The number of thiophene rings is 1. The van der Waals surface area contributed by atoms with Gasteiger partial charge in [0.2, 0.25) is 0 Å². The standard InChI is InChI=1S/C23H23FN2O2S/c1-15-13-20(26-22(27)18-9-6-10-19(24)14-18)29-21(15)23(28)25-16(2)11-12-17-7-4-3-5-8-17/h3-10,13-14,16H,11-12H2,1-2H3,(H,25,28)(H,26,27). The Kier molecular flexibility index (Phi) is 6.77. The number of carbonyl (C=O) groups is 2. The summed E-state index contributed by atoms with van der Waals surface area (Å²) in [4.78, 5) is 25.5. The van der Waals surface area contributed by atoms with Crippen LogP contribution < -0.4 is 10.6 Å². The maximum atomic E-state index is 13.3. The minimum absolute atomic E-state index is 0.0227. The van der Waals surface area contributed by atoms with E-state index in [1.54, 1.807) is 12.1 Å². The normalized spacial score (nSPS) is 11.7. The molecule has 1 atom stereocenters. The monoisotopic (exact) mass is 410 g/mol. The minimum Gasteiger partial charge on any atom is -0.349 e. The van der Waals surface area contributed by atoms with Gasteiger partial charge in [0, 0.05) is 11.6 Å². The first kappa shape index (κ1) is 20.7. The van der Waals surface area contributed by atoms with Crippen LogP contribution in [0.2, 0.25) is 0 Å². The Morgan fingerprint density at radius 1 is 1.03 bits per heavy atom. The molecule has 2 N–H and O–H groups in total. The number of hydrogen-bond donors (Lipinski definition) is 2. The lowest BCUT2D eigenvalue weighted by Crippen LogP contribution is -2.32. The van der Waals surface area contributed by atoms with E-state index in [4.69, 9.17) is 0 Å². The van der Waals surface area contributed by atoms with Crippen molar-refractivity contribution in [2.24, 2.45) is 0 Å². The zero-order valence-electron chi connectivity index (χ0n) is 16.4. The summed E-state index contributed by atoms with van der Waals surface area (Å²) < 4.78 is 13.3. The molecule has 3 aromatic rings. The van der Waals surface area contributed by atoms with E-state index in [1.165, 1.54) is 35.1 Å². The summed E-state index contributed by atoms with van der Waals surface area (Å²) in [5, 5.41) is 6.31. The second kappa shape index (κ2) is 9.47. The number of amides is 2. The van der Waals surface area contributed by atoms with Gasteiger partial charge in [0.05, 0.1) is 9.88 Å². The predicted molar refractivity (Wildman–Crippen MR) is 115 cm³/mol. The number of aryl methyl sites for hydroxylation is 2. The molecule has 0 aliphatic carbocycles. The molecular weight excluding hydrogens is 387 g/mol. The van der Waals surface area contributed by atoms with Crippen molar-refractivity contribution in [3.63, 3.8) is 0 Å². The summed E-state index contributed by atoms with van der Waals surface area (Å²) in [5.74, 6) is -1.03. The van der Waals surface area contributed by atoms with Gasteiger partial charge in [-0.2, -0.15) is 0 Å². The molecule has 0 saturated heterocycles. The van der Waals surface area contributed by atoms with E-state index in [-0.39, 0.29) is 17.5 Å². The van der Waals surface area contributed by atoms with Gasteiger partial charge in [0.15, 0.2) is 0 Å². The maximum Gasteiger partial charge on any atom is 0.261 e. The molecule has 0 bridgehead atoms. The van der Waals surface area contributed by atoms with E-state index in [9.17, 15) is 14.0 Å². The number of halogens is 1. The number of anilines is 1. The molecule has 0 radical (unpaired) electrons. The van der Waals surface area contributed by atoms with Crippen molar-refractivity contribution < 1.29 is 14.0 Å². The van der Waals surface area contributed by atoms with Crippen molar-refractivity contribution in [2.75, 3.05) is 5.32 Å². The van der Waals surface area contributed by atoms with E-state index in [1.807, 2.05) is 32.0 Å². The number of nitrogens with one attached hydrogen (secondary N) is 2. The van der Waals surface area contributed by atoms with Gasteiger partial charge in [0.25, 0.3) is 11.8 Å². The molecule has 4 nitrogen and oxygen atoms in total. The van der Waals surface area contributed by atoms with Crippen molar-refractivity contribution in [1.29, 1.82) is 0 Å². The molecule has 0 aliphatic rings. The molecule has 0 saturated carbocycles. The van der Waals surface area contributed by atoms with Gasteiger partial charge in [-0.1, -0.05) is 36.4 Å². The second-order valence-corrected chi connectivity index (χ2v) is 8.04. The quantitative estimate of drug-likeness (QED) is 0.562. The molecule has 1 unspecified atom stereocenters. The van der Waals surface area contributed by atoms with Gasteiger partial charge in [-0.25, -0.2) is 4.39 Å². The second-order valence-electron chi connectivity index (χ2n) is 6.99. The highest BCUT2D eigenvalue weighted by Gasteiger charge is 2.17. The van der Waals surface area contributed by atoms with Crippen LogP contribution in [0.15, 0.2) is 60.7 Å². The number of hydrogen-bond acceptors (Lipinski definition) is 3. The molecule has 6 heteroatoms. The molecule has 0 aliphatic heterocycles. The van der Waals surface area contributed by atoms with Crippen LogP contribution in [0.4, 0.5) is 9.39 Å². The fourth-order valence-electron chi connectivity index (χ4n) is 2.97. The third kappa shape index (κ3) is 5.74. The molecule has 3 rings (SSSR count). The molecule has 0 spiro atoms. The highest BCUT2D eigenvalue weighted by Crippen LogP contribution is 2.27. The summed E-state index contributed by atoms with van der Waals surface area (Å²) >= 11 is 1.21. The van der Waals surface area contributed by atoms with E-state index in [0.29, 0.717) is 9.88 Å². The van der Waals surface area contributed by atoms with Crippen molar-refractivity contribution in [3.05, 3.63) is 88.0 Å². The van der Waals surface area contributed by atoms with Crippen LogP contribution in [-0.2, 0) is 6.42 Å². The summed E-state index contributed by atoms with van der Waals surface area (Å²) in [5.41, 5.74) is 2.26. The van der Waals surface area contributed by atoms with Crippen molar-refractivity contribution in [3.8, 4) is 0 Å². The third-order valence-corrected chi connectivity index (χ3v) is 5.69. The lowest BCUT2D eigenvalue weighted by atomic mass is 10.1. The van der Waals surface area contributed by atoms with E-state index >= 15 is 0 Å². The van der Waals surface area contributed by atoms with Crippen LogP contribution >= 0.6 is 11.3 Å². The Bertz CT molecular complexity index is 1000. The summed E-state index contributed by atoms with van der Waals surface area (Å²) in [7, 11) is 0. The Labute approximate surface area is 173 Å². The van der Waals surface area contributed by atoms with Gasteiger partial charge in [-0.05, 0) is 62.1 Å². The zero-order chi connectivity index (χ0) is 20.8. The van der Waals surface area contributed by atoms with Crippen molar-refractivity contribution in [1.82, 2.24) is 5.32 Å². The molecule has 150 valence electrons. The Hall–Kier alpha value is -2.99. The average Bonchev–Trinajstić information content (AvgIpc) is 3.07. The molecule has 0 fully saturated rings. The van der Waals surface area contributed by atoms with Gasteiger partial charge in [-0.3, -0.25) is 9.59 Å². The van der Waals surface area contributed by atoms with Crippen LogP contribution in [0.3, 0.4) is 0 Å². The minimum atomic E-state index is -0.468. The number of rotatable bonds is 7. The van der Waals surface area contributed by atoms with Gasteiger partial charge < -0.3 is 10.6 Å². The fraction of sp³-hybridized carbons (Fsp3) is 0.217. The predicted octanol–water partition coefficient (Wildman–Crippen LogP) is 5.20. The smallest absolute Gasteiger partial charge is 0.261 e. The fourth-order valence-corrected chi connectivity index (χ4v) is 3.94. The Balaban J connectivity index is 1.58. The largest absolute Gasteiger partial charge is 0.349 e. The molecular formula is C23H23FN2O2S. The molecule has 2 amide bonds. The van der Waals surface area contributed by atoms with Crippen LogP contribution in [-0.4, -0.2) is 17.9 Å². The first-order chi connectivity index (χ1) is 13.9. The van der Waals surface area contributed by atoms with Gasteiger partial charge >= 0.3 is 0 Å². The van der Waals surface area contributed by atoms with Crippen LogP contribution in [0, 0.1) is 12.7 Å². The van der Waals surface area contributed by atoms with Gasteiger partial charge in [0.1, 0.15) is 5.82 Å². The first-order valence-electron chi connectivity index (χ1n) is 9.44. The Morgan fingerprint density at radius 2 is 1.79 bits per heavy atom. The average molecular weight is 411 g/mol. The summed E-state index contributed by atoms with van der Waals surface area (Å²) in [6.07, 6.45) is 1.73. The lowest BCUT2D eigenvalue weighted by molar-refractivity contribution is 0.0941. The number of benzene rings is 2. The zero-order valence-corrected chi connectivity index (χ0v) is 17.2. The van der Waals surface area contributed by atoms with Crippen LogP contribution in [0.5, 0.6) is 0 Å². The SMILES string of the molecule is Cc1cc(NC(=O)c2cccc(F)c2)sc1C(=O)NC(C)CCc1ccccc1. The van der Waals surface area contributed by atoms with E-state index < -0.39 is 11.7 Å². The molecule has 2 aromatic carbocycles. The van der Waals surface area contributed by atoms with Gasteiger partial charge in [-0.15, -0.1) is 11.3 Å². The summed E-state index contributed by atoms with van der Waals surface area (Å²) in [6, 6.07) is 17.4. The first-order valence-corrected chi connectivity index (χ1v) is 10.3. The Morgan fingerprint density at radius 3 is 2.52 bits per heavy atom. The van der Waals surface area contributed by atoms with Crippen molar-refractivity contribution >= 4 is 28.2 Å². The van der Waals surface area contributed by atoms with E-state index in [0.717, 1.165) is 18.4 Å². The third-order valence-electron chi connectivity index (χ3n) is 4.53. The molecule has 1 heterocycles. The highest BCUT2D eigenvalue weighted by atomic mass is 32.1. The highest BCUT2D eigenvalue weighted by molar-refractivity contribution is 7.18. The van der Waals surface area contributed by atoms with Crippen molar-refractivity contribution in [2.45, 2.75) is 32.7 Å². The molecule has 29 heavy (non-hydrogen) atoms. The summed E-state index contributed by atoms with van der Waals surface area (Å²) in [6.45, 7) is 3.81. The van der Waals surface area contributed by atoms with E-state index in [2.05, 4.69) is 22.8 Å². The van der Waals surface area contributed by atoms with Crippen LogP contribution in [0.25, 0.3) is 0 Å². The topological polar surface area (TPSA) is 58.2 Å². The van der Waals surface area contributed by atoms with Crippen LogP contribution in [0.1, 0.15) is 44.5 Å². The lowest BCUT2D eigenvalue weighted by Gasteiger charge is -2.13. The number of carbonyl (C=O) groups excluding carboxylic acids is 2. The maximum absolute atomic E-state index is 13.3. The molecule has 1 aromatic heterocycles.